The third kappa shape index (κ3) is 6.60. The highest BCUT2D eigenvalue weighted by Gasteiger charge is 2.37. The molecule has 2 aliphatic rings. The molecular weight excluding hydrogens is 446 g/mol. The van der Waals surface area contributed by atoms with Crippen molar-refractivity contribution in [3.8, 4) is 5.75 Å². The van der Waals surface area contributed by atoms with Crippen LogP contribution in [0.4, 0.5) is 17.1 Å². The van der Waals surface area contributed by atoms with Gasteiger partial charge in [-0.1, -0.05) is 6.92 Å². The van der Waals surface area contributed by atoms with Gasteiger partial charge in [0.25, 0.3) is 17.1 Å². The molecule has 0 radical (unpaired) electrons. The minimum absolute atomic E-state index is 0.384. The zero-order valence-corrected chi connectivity index (χ0v) is 20.3. The summed E-state index contributed by atoms with van der Waals surface area (Å²) in [6, 6.07) is 0.769. The molecule has 0 aromatic heterocycles. The largest absolute Gasteiger partial charge is 0.863 e. The first-order valence-electron chi connectivity index (χ1n) is 12.0. The average Bonchev–Trinajstić information content (AvgIpc) is 3.09. The molecule has 1 aromatic carbocycles. The Kier molecular flexibility index (Phi) is 9.28. The van der Waals surface area contributed by atoms with Gasteiger partial charge in [0.1, 0.15) is 13.1 Å². The second-order valence-corrected chi connectivity index (χ2v) is 9.63. The number of hydrogen-bond acceptors (Lipinski definition) is 7. The summed E-state index contributed by atoms with van der Waals surface area (Å²) in [5.41, 5.74) is -3.26. The van der Waals surface area contributed by atoms with E-state index in [4.69, 9.17) is 0 Å². The highest BCUT2D eigenvalue weighted by molar-refractivity contribution is 5.63. The molecule has 3 rings (SSSR count). The standard InChI is InChI=1S/C16H34N2.C6H3N3O7/c1-4-17(5-2)11-7-12-18(15-14-17)10-6-8-16(3)9-13-18;10-6-4(8(13)14)1-3(7(11)12)2-5(6)9(15)16/h16H,4-15H2,1-3H3;1-2,10H/q+2;/p-1. The van der Waals surface area contributed by atoms with Gasteiger partial charge in [0.05, 0.1) is 71.9 Å². The van der Waals surface area contributed by atoms with E-state index in [2.05, 4.69) is 20.8 Å². The molecule has 2 aliphatic heterocycles. The number of benzene rings is 1. The van der Waals surface area contributed by atoms with Crippen LogP contribution in [-0.4, -0.2) is 76.1 Å². The molecule has 1 spiro atoms. The summed E-state index contributed by atoms with van der Waals surface area (Å²) in [6.07, 6.45) is 5.87. The van der Waals surface area contributed by atoms with Gasteiger partial charge in [0, 0.05) is 6.42 Å². The number of hydrogen-bond donors (Lipinski definition) is 0. The molecule has 2 heterocycles. The fourth-order valence-electron chi connectivity index (χ4n) is 5.18. The van der Waals surface area contributed by atoms with Gasteiger partial charge in [0.15, 0.2) is 0 Å². The number of nitro groups is 3. The second-order valence-electron chi connectivity index (χ2n) is 9.63. The number of rotatable bonds is 5. The van der Waals surface area contributed by atoms with Crippen molar-refractivity contribution in [2.75, 3.05) is 52.4 Å². The molecule has 12 nitrogen and oxygen atoms in total. The zero-order chi connectivity index (χ0) is 25.5. The molecule has 2 unspecified atom stereocenters. The number of likely N-dealkylation sites (N-methyl/N-ethyl adjacent to an activating group) is 1. The van der Waals surface area contributed by atoms with Crippen LogP contribution in [0.25, 0.3) is 0 Å². The van der Waals surface area contributed by atoms with E-state index < -0.39 is 37.6 Å². The molecule has 0 saturated carbocycles. The van der Waals surface area contributed by atoms with Crippen molar-refractivity contribution in [2.24, 2.45) is 5.92 Å². The number of nitro benzene ring substituents is 3. The third-order valence-electron chi connectivity index (χ3n) is 7.72. The maximum absolute atomic E-state index is 11.1. The molecule has 1 aromatic rings. The fourth-order valence-corrected chi connectivity index (χ4v) is 5.18. The molecule has 2 saturated heterocycles. The van der Waals surface area contributed by atoms with E-state index in [1.54, 1.807) is 0 Å². The fraction of sp³-hybridized carbons (Fsp3) is 0.727. The van der Waals surface area contributed by atoms with Gasteiger partial charge < -0.3 is 14.1 Å². The van der Waals surface area contributed by atoms with Gasteiger partial charge in [-0.15, -0.1) is 0 Å². The zero-order valence-electron chi connectivity index (χ0n) is 20.3. The third-order valence-corrected chi connectivity index (χ3v) is 7.72. The van der Waals surface area contributed by atoms with Crippen LogP contribution in [0.3, 0.4) is 0 Å². The molecule has 34 heavy (non-hydrogen) atoms. The Hall–Kier alpha value is -2.86. The lowest BCUT2D eigenvalue weighted by atomic mass is 10.0. The summed E-state index contributed by atoms with van der Waals surface area (Å²) < 4.78 is 2.85. The van der Waals surface area contributed by atoms with Crippen molar-refractivity contribution in [2.45, 2.75) is 46.5 Å². The lowest BCUT2D eigenvalue weighted by Crippen LogP contribution is -2.54. The van der Waals surface area contributed by atoms with Crippen LogP contribution < -0.4 is 5.11 Å². The van der Waals surface area contributed by atoms with Crippen LogP contribution in [0.5, 0.6) is 5.75 Å². The monoisotopic (exact) mass is 482 g/mol. The molecule has 2 atom stereocenters. The van der Waals surface area contributed by atoms with Crippen molar-refractivity contribution >= 4 is 17.1 Å². The average molecular weight is 483 g/mol. The van der Waals surface area contributed by atoms with E-state index in [1.807, 2.05) is 0 Å². The Bertz CT molecular complexity index is 871. The Morgan fingerprint density at radius 1 is 0.794 bits per heavy atom. The van der Waals surface area contributed by atoms with E-state index in [9.17, 15) is 35.4 Å². The predicted octanol–water partition coefficient (Wildman–Crippen LogP) is 3.37. The molecule has 0 bridgehead atoms. The minimum Gasteiger partial charge on any atom is -0.863 e. The molecule has 0 amide bonds. The molecule has 2 fully saturated rings. The smallest absolute Gasteiger partial charge is 0.283 e. The van der Waals surface area contributed by atoms with E-state index in [1.165, 1.54) is 87.0 Å². The second kappa shape index (κ2) is 11.5. The first-order chi connectivity index (χ1) is 16.0. The maximum Gasteiger partial charge on any atom is 0.283 e. The summed E-state index contributed by atoms with van der Waals surface area (Å²) in [7, 11) is 0. The van der Waals surface area contributed by atoms with Crippen LogP contribution in [0.1, 0.15) is 46.5 Å². The SMILES string of the molecule is CC[N+]1(CC)CCC[N+]2(CCCC(C)CC2)CC1.O=[N+]([O-])c1cc([N+](=O)[O-])c([O-])c([N+](=O)[O-])c1. The van der Waals surface area contributed by atoms with Gasteiger partial charge in [-0.2, -0.15) is 0 Å². The lowest BCUT2D eigenvalue weighted by Gasteiger charge is -2.38. The first-order valence-corrected chi connectivity index (χ1v) is 12.0. The predicted molar refractivity (Wildman–Crippen MR) is 124 cm³/mol. The van der Waals surface area contributed by atoms with Crippen molar-refractivity contribution in [1.29, 1.82) is 0 Å². The van der Waals surface area contributed by atoms with E-state index in [-0.39, 0.29) is 0 Å². The Morgan fingerprint density at radius 3 is 1.85 bits per heavy atom. The van der Waals surface area contributed by atoms with Gasteiger partial charge in [-0.05, 0) is 39.0 Å². The van der Waals surface area contributed by atoms with Crippen molar-refractivity contribution in [1.82, 2.24) is 0 Å². The van der Waals surface area contributed by atoms with Crippen LogP contribution in [-0.2, 0) is 0 Å². The van der Waals surface area contributed by atoms with Crippen LogP contribution in [0, 0.1) is 36.3 Å². The van der Waals surface area contributed by atoms with Crippen molar-refractivity contribution < 1.29 is 28.8 Å². The van der Waals surface area contributed by atoms with E-state index in [0.29, 0.717) is 12.1 Å². The van der Waals surface area contributed by atoms with E-state index >= 15 is 0 Å². The van der Waals surface area contributed by atoms with Crippen LogP contribution in [0.15, 0.2) is 12.1 Å². The quantitative estimate of drug-likeness (QED) is 0.354. The maximum atomic E-state index is 11.1. The van der Waals surface area contributed by atoms with Crippen molar-refractivity contribution in [3.63, 3.8) is 0 Å². The molecular formula is C22H36N5O7+. The number of non-ortho nitro benzene ring substituents is 1. The summed E-state index contributed by atoms with van der Waals surface area (Å²) in [5.74, 6) is -0.483. The summed E-state index contributed by atoms with van der Waals surface area (Å²) >= 11 is 0. The van der Waals surface area contributed by atoms with Crippen LogP contribution in [0.2, 0.25) is 0 Å². The summed E-state index contributed by atoms with van der Waals surface area (Å²) in [6.45, 7) is 18.6. The molecule has 0 aliphatic carbocycles. The Labute approximate surface area is 199 Å². The van der Waals surface area contributed by atoms with Crippen molar-refractivity contribution in [3.05, 3.63) is 42.5 Å². The van der Waals surface area contributed by atoms with Gasteiger partial charge in [-0.3, -0.25) is 30.3 Å². The summed E-state index contributed by atoms with van der Waals surface area (Å²) in [5, 5.41) is 42.1. The van der Waals surface area contributed by atoms with Crippen LogP contribution >= 0.6 is 0 Å². The van der Waals surface area contributed by atoms with E-state index in [0.717, 1.165) is 5.92 Å². The Morgan fingerprint density at radius 2 is 1.35 bits per heavy atom. The van der Waals surface area contributed by atoms with Gasteiger partial charge in [-0.25, -0.2) is 0 Å². The molecule has 190 valence electrons. The van der Waals surface area contributed by atoms with Gasteiger partial charge in [0.2, 0.25) is 0 Å². The molecule has 12 heteroatoms. The minimum atomic E-state index is -1.46. The highest BCUT2D eigenvalue weighted by atomic mass is 16.6. The highest BCUT2D eigenvalue weighted by Crippen LogP contribution is 2.36. The number of nitrogens with zero attached hydrogens (tertiary/aromatic N) is 5. The summed E-state index contributed by atoms with van der Waals surface area (Å²) in [4.78, 5) is 27.5. The normalized spacial score (nSPS) is 24.3. The number of quaternary nitrogens is 2. The topological polar surface area (TPSA) is 152 Å². The molecule has 0 N–H and O–H groups in total. The van der Waals surface area contributed by atoms with Gasteiger partial charge >= 0.3 is 0 Å². The Balaban J connectivity index is 0.000000242. The first kappa shape index (κ1) is 27.4. The lowest BCUT2D eigenvalue weighted by molar-refractivity contribution is -0.962.